The highest BCUT2D eigenvalue weighted by Crippen LogP contribution is 2.54. The van der Waals surface area contributed by atoms with E-state index in [-0.39, 0.29) is 5.41 Å². The summed E-state index contributed by atoms with van der Waals surface area (Å²) in [4.78, 5) is 5.41. The van der Waals surface area contributed by atoms with Crippen molar-refractivity contribution in [3.8, 4) is 16.8 Å². The van der Waals surface area contributed by atoms with E-state index >= 15 is 0 Å². The number of aromatic nitrogens is 3. The van der Waals surface area contributed by atoms with Crippen molar-refractivity contribution in [1.29, 1.82) is 0 Å². The molecule has 3 heteroatoms. The lowest BCUT2D eigenvalue weighted by Crippen LogP contribution is -2.19. The smallest absolute Gasteiger partial charge is 0.148 e. The summed E-state index contributed by atoms with van der Waals surface area (Å²) in [5.41, 5.74) is 11.8. The molecule has 0 fully saturated rings. The average Bonchev–Trinajstić information content (AvgIpc) is 3.74. The van der Waals surface area contributed by atoms with Crippen molar-refractivity contribution in [3.63, 3.8) is 0 Å². The van der Waals surface area contributed by atoms with Crippen LogP contribution in [0.3, 0.4) is 0 Å². The molecule has 0 saturated carbocycles. The minimum absolute atomic E-state index is 0.231. The first-order valence-corrected chi connectivity index (χ1v) is 16.4. The van der Waals surface area contributed by atoms with Crippen molar-refractivity contribution in [3.05, 3.63) is 151 Å². The first-order valence-electron chi connectivity index (χ1n) is 16.4. The maximum absolute atomic E-state index is 5.41. The van der Waals surface area contributed by atoms with Gasteiger partial charge in [0.15, 0.2) is 0 Å². The molecule has 3 aromatic heterocycles. The predicted octanol–water partition coefficient (Wildman–Crippen LogP) is 11.4. The summed E-state index contributed by atoms with van der Waals surface area (Å²) in [6.07, 6.45) is 0. The Kier molecular flexibility index (Phi) is 4.66. The van der Waals surface area contributed by atoms with Crippen LogP contribution in [0.2, 0.25) is 0 Å². The van der Waals surface area contributed by atoms with E-state index in [0.29, 0.717) is 0 Å². The Bertz CT molecular complexity index is 2940. The fourth-order valence-electron chi connectivity index (χ4n) is 8.94. The zero-order chi connectivity index (χ0) is 31.0. The zero-order valence-electron chi connectivity index (χ0n) is 26.1. The number of imidazole rings is 1. The lowest BCUT2D eigenvalue weighted by atomic mass is 9.85. The topological polar surface area (TPSA) is 22.2 Å². The van der Waals surface area contributed by atoms with Crippen LogP contribution in [0.4, 0.5) is 0 Å². The molecule has 0 spiro atoms. The zero-order valence-corrected chi connectivity index (χ0v) is 26.1. The highest BCUT2D eigenvalue weighted by atomic mass is 15.1. The van der Waals surface area contributed by atoms with Crippen molar-refractivity contribution in [2.75, 3.05) is 0 Å². The van der Waals surface area contributed by atoms with E-state index in [0.717, 1.165) is 16.7 Å². The molecule has 0 bridgehead atoms. The maximum atomic E-state index is 5.41. The lowest BCUT2D eigenvalue weighted by Gasteiger charge is -2.23. The van der Waals surface area contributed by atoms with Gasteiger partial charge < -0.3 is 4.57 Å². The van der Waals surface area contributed by atoms with Crippen LogP contribution in [-0.4, -0.2) is 14.0 Å². The predicted molar refractivity (Wildman–Crippen MR) is 197 cm³/mol. The van der Waals surface area contributed by atoms with Crippen LogP contribution >= 0.6 is 0 Å². The molecule has 11 rings (SSSR count). The van der Waals surface area contributed by atoms with E-state index in [1.807, 2.05) is 0 Å². The van der Waals surface area contributed by atoms with Gasteiger partial charge in [-0.25, -0.2) is 4.98 Å². The van der Waals surface area contributed by atoms with Crippen LogP contribution < -0.4 is 0 Å². The molecule has 0 atom stereocenters. The van der Waals surface area contributed by atoms with E-state index in [2.05, 4.69) is 162 Å². The van der Waals surface area contributed by atoms with Gasteiger partial charge in [0, 0.05) is 27.4 Å². The monoisotopic (exact) mass is 599 g/mol. The summed E-state index contributed by atoms with van der Waals surface area (Å²) >= 11 is 0. The molecule has 0 saturated heterocycles. The highest BCUT2D eigenvalue weighted by molar-refractivity contribution is 6.29. The molecule has 1 aliphatic rings. The van der Waals surface area contributed by atoms with Gasteiger partial charge in [-0.3, -0.25) is 4.40 Å². The standard InChI is InChI=1S/C44H29N3/c1-44(2)33-21-9-7-18-31(33)39-41-40(43-45-34-22-10-12-24-36(34)47(43)42(39)44)32-19-8-11-23-35(32)46(41)37-25-13-20-30-28-15-4-3-14-26(28)27-16-5-6-17-29(27)38(30)37/h3-25H,1-2H3. The molecular formula is C44H29N3. The Hall–Kier alpha value is -5.93. The van der Waals surface area contributed by atoms with E-state index in [9.17, 15) is 0 Å². The SMILES string of the molecule is CC1(C)c2ccccc2-c2c1n1c3ccccc3nc1c1c3ccccc3n(-c3cccc4c5ccccc5c5ccccc5c34)c21. The molecule has 220 valence electrons. The fraction of sp³-hybridized carbons (Fsp3) is 0.0682. The second-order valence-corrected chi connectivity index (χ2v) is 13.5. The van der Waals surface area contributed by atoms with Crippen LogP contribution in [0.5, 0.6) is 0 Å². The molecule has 0 amide bonds. The van der Waals surface area contributed by atoms with Gasteiger partial charge in [0.05, 0.1) is 33.1 Å². The number of rotatable bonds is 1. The van der Waals surface area contributed by atoms with Gasteiger partial charge in [-0.05, 0) is 62.3 Å². The van der Waals surface area contributed by atoms with Crippen LogP contribution in [0, 0.1) is 0 Å². The van der Waals surface area contributed by atoms with Gasteiger partial charge in [0.25, 0.3) is 0 Å². The molecule has 0 aliphatic heterocycles. The Labute approximate surface area is 270 Å². The molecule has 1 aliphatic carbocycles. The Morgan fingerprint density at radius 2 is 1.09 bits per heavy atom. The van der Waals surface area contributed by atoms with Crippen molar-refractivity contribution < 1.29 is 0 Å². The minimum Gasteiger partial charge on any atom is -0.308 e. The molecule has 0 radical (unpaired) electrons. The van der Waals surface area contributed by atoms with Crippen molar-refractivity contribution in [2.45, 2.75) is 19.3 Å². The maximum Gasteiger partial charge on any atom is 0.148 e. The van der Waals surface area contributed by atoms with Crippen LogP contribution in [-0.2, 0) is 5.41 Å². The van der Waals surface area contributed by atoms with Crippen molar-refractivity contribution >= 4 is 70.8 Å². The normalized spacial score (nSPS) is 13.9. The highest BCUT2D eigenvalue weighted by Gasteiger charge is 2.41. The van der Waals surface area contributed by atoms with Crippen LogP contribution in [0.25, 0.3) is 87.6 Å². The van der Waals surface area contributed by atoms with Gasteiger partial charge in [-0.2, -0.15) is 0 Å². The number of benzene rings is 7. The molecule has 3 nitrogen and oxygen atoms in total. The van der Waals surface area contributed by atoms with Crippen molar-refractivity contribution in [2.24, 2.45) is 0 Å². The van der Waals surface area contributed by atoms with Crippen molar-refractivity contribution in [1.82, 2.24) is 14.0 Å². The second kappa shape index (κ2) is 8.65. The number of fused-ring (bicyclic) bond motifs is 18. The quantitative estimate of drug-likeness (QED) is 0.172. The number of para-hydroxylation sites is 3. The lowest BCUT2D eigenvalue weighted by molar-refractivity contribution is 0.631. The summed E-state index contributed by atoms with van der Waals surface area (Å²) in [6.45, 7) is 4.75. The number of nitrogens with zero attached hydrogens (tertiary/aromatic N) is 3. The van der Waals surface area contributed by atoms with Crippen LogP contribution in [0.1, 0.15) is 25.1 Å². The third kappa shape index (κ3) is 3.00. The average molecular weight is 600 g/mol. The Balaban J connectivity index is 1.46. The molecular weight excluding hydrogens is 571 g/mol. The van der Waals surface area contributed by atoms with E-state index in [1.54, 1.807) is 0 Å². The number of pyridine rings is 1. The minimum atomic E-state index is -0.231. The number of hydrogen-bond acceptors (Lipinski definition) is 1. The van der Waals surface area contributed by atoms with Gasteiger partial charge in [0.2, 0.25) is 0 Å². The summed E-state index contributed by atoms with van der Waals surface area (Å²) in [6, 6.07) is 51.1. The first kappa shape index (κ1) is 25.3. The largest absolute Gasteiger partial charge is 0.308 e. The molecule has 3 heterocycles. The summed E-state index contributed by atoms with van der Waals surface area (Å²) in [5.74, 6) is 0. The Morgan fingerprint density at radius 1 is 0.511 bits per heavy atom. The molecule has 10 aromatic rings. The van der Waals surface area contributed by atoms with E-state index in [4.69, 9.17) is 4.98 Å². The van der Waals surface area contributed by atoms with Gasteiger partial charge >= 0.3 is 0 Å². The number of hydrogen-bond donors (Lipinski definition) is 0. The Morgan fingerprint density at radius 3 is 1.85 bits per heavy atom. The molecule has 47 heavy (non-hydrogen) atoms. The van der Waals surface area contributed by atoms with E-state index in [1.165, 1.54) is 82.2 Å². The van der Waals surface area contributed by atoms with E-state index < -0.39 is 0 Å². The third-order valence-corrected chi connectivity index (χ3v) is 10.8. The first-order chi connectivity index (χ1) is 23.1. The summed E-state index contributed by atoms with van der Waals surface area (Å²) < 4.78 is 5.03. The molecule has 0 unspecified atom stereocenters. The third-order valence-electron chi connectivity index (χ3n) is 10.8. The second-order valence-electron chi connectivity index (χ2n) is 13.5. The van der Waals surface area contributed by atoms with Gasteiger partial charge in [0.1, 0.15) is 5.65 Å². The summed E-state index contributed by atoms with van der Waals surface area (Å²) in [7, 11) is 0. The van der Waals surface area contributed by atoms with Gasteiger partial charge in [-0.15, -0.1) is 0 Å². The molecule has 0 N–H and O–H groups in total. The van der Waals surface area contributed by atoms with Gasteiger partial charge in [-0.1, -0.05) is 129 Å². The summed E-state index contributed by atoms with van der Waals surface area (Å²) in [5, 5.41) is 10.1. The molecule has 7 aromatic carbocycles. The fourth-order valence-corrected chi connectivity index (χ4v) is 8.94. The van der Waals surface area contributed by atoms with Crippen LogP contribution in [0.15, 0.2) is 140 Å².